The molecule has 0 unspecified atom stereocenters. The van der Waals surface area contributed by atoms with Crippen LogP contribution in [0.1, 0.15) is 30.4 Å². The standard InChI is InChI=1S/C27H27FN2O3/c28-25-18-22(9-13-27(25)33-17-16-30-14-2-1-3-15-30)29-26-19-24(32)12-8-21(26)7-4-20-5-10-23(31)11-6-20/h5-6,8-13,18-19,29,31-32H,1-3,14-17H2. The monoisotopic (exact) mass is 446 g/mol. The van der Waals surface area contributed by atoms with Crippen LogP contribution in [-0.2, 0) is 0 Å². The second kappa shape index (κ2) is 10.8. The first-order valence-electron chi connectivity index (χ1n) is 11.1. The third-order valence-corrected chi connectivity index (χ3v) is 5.54. The molecule has 0 amide bonds. The fourth-order valence-corrected chi connectivity index (χ4v) is 3.75. The van der Waals surface area contributed by atoms with Crippen LogP contribution < -0.4 is 10.1 Å². The molecule has 6 heteroatoms. The summed E-state index contributed by atoms with van der Waals surface area (Å²) in [7, 11) is 0. The molecular weight excluding hydrogens is 419 g/mol. The minimum atomic E-state index is -0.449. The summed E-state index contributed by atoms with van der Waals surface area (Å²) < 4.78 is 20.3. The number of halogens is 1. The molecular formula is C27H27FN2O3. The van der Waals surface area contributed by atoms with Crippen LogP contribution in [0.15, 0.2) is 60.7 Å². The van der Waals surface area contributed by atoms with Crippen molar-refractivity contribution in [1.29, 1.82) is 0 Å². The van der Waals surface area contributed by atoms with Crippen LogP contribution in [0.5, 0.6) is 17.2 Å². The van der Waals surface area contributed by atoms with Crippen LogP contribution in [0.25, 0.3) is 0 Å². The summed E-state index contributed by atoms with van der Waals surface area (Å²) in [5, 5.41) is 22.5. The average molecular weight is 447 g/mol. The van der Waals surface area contributed by atoms with Crippen molar-refractivity contribution in [1.82, 2.24) is 4.90 Å². The predicted molar refractivity (Wildman–Crippen MR) is 128 cm³/mol. The molecule has 3 aromatic carbocycles. The fourth-order valence-electron chi connectivity index (χ4n) is 3.75. The van der Waals surface area contributed by atoms with Gasteiger partial charge in [-0.2, -0.15) is 0 Å². The van der Waals surface area contributed by atoms with Crippen molar-refractivity contribution in [2.24, 2.45) is 0 Å². The lowest BCUT2D eigenvalue weighted by atomic mass is 10.1. The molecule has 0 aliphatic carbocycles. The molecule has 1 heterocycles. The Morgan fingerprint density at radius 1 is 0.879 bits per heavy atom. The Balaban J connectivity index is 1.43. The van der Waals surface area contributed by atoms with E-state index in [0.717, 1.165) is 25.2 Å². The van der Waals surface area contributed by atoms with Crippen LogP contribution >= 0.6 is 0 Å². The van der Waals surface area contributed by atoms with E-state index in [4.69, 9.17) is 4.74 Å². The summed E-state index contributed by atoms with van der Waals surface area (Å²) in [4.78, 5) is 2.35. The van der Waals surface area contributed by atoms with E-state index in [1.807, 2.05) is 0 Å². The van der Waals surface area contributed by atoms with Crippen LogP contribution in [0, 0.1) is 17.7 Å². The molecule has 5 nitrogen and oxygen atoms in total. The van der Waals surface area contributed by atoms with E-state index in [1.54, 1.807) is 54.6 Å². The molecule has 1 aliphatic rings. The smallest absolute Gasteiger partial charge is 0.167 e. The topological polar surface area (TPSA) is 65.0 Å². The van der Waals surface area contributed by atoms with Gasteiger partial charge in [0, 0.05) is 35.5 Å². The maximum absolute atomic E-state index is 14.6. The number of benzene rings is 3. The first-order valence-corrected chi connectivity index (χ1v) is 11.1. The van der Waals surface area contributed by atoms with Gasteiger partial charge in [0.05, 0.1) is 5.69 Å². The maximum Gasteiger partial charge on any atom is 0.167 e. The molecule has 4 rings (SSSR count). The summed E-state index contributed by atoms with van der Waals surface area (Å²) >= 11 is 0. The van der Waals surface area contributed by atoms with Gasteiger partial charge in [-0.3, -0.25) is 4.90 Å². The highest BCUT2D eigenvalue weighted by Gasteiger charge is 2.11. The highest BCUT2D eigenvalue weighted by molar-refractivity contribution is 5.69. The zero-order valence-electron chi connectivity index (χ0n) is 18.4. The molecule has 0 aromatic heterocycles. The van der Waals surface area contributed by atoms with Crippen molar-refractivity contribution in [3.8, 4) is 29.1 Å². The highest BCUT2D eigenvalue weighted by atomic mass is 19.1. The van der Waals surface area contributed by atoms with Crippen LogP contribution in [0.4, 0.5) is 15.8 Å². The van der Waals surface area contributed by atoms with Crippen molar-refractivity contribution in [3.05, 3.63) is 77.6 Å². The summed E-state index contributed by atoms with van der Waals surface area (Å²) in [6.45, 7) is 3.41. The van der Waals surface area contributed by atoms with Gasteiger partial charge in [-0.25, -0.2) is 4.39 Å². The predicted octanol–water partition coefficient (Wildman–Crippen LogP) is 5.25. The van der Waals surface area contributed by atoms with Crippen LogP contribution in [0.3, 0.4) is 0 Å². The molecule has 1 aliphatic heterocycles. The Labute approximate surface area is 193 Å². The van der Waals surface area contributed by atoms with Crippen LogP contribution in [-0.4, -0.2) is 41.4 Å². The molecule has 1 saturated heterocycles. The number of ether oxygens (including phenoxy) is 1. The molecule has 3 aromatic rings. The summed E-state index contributed by atoms with van der Waals surface area (Å²) in [5.74, 6) is 6.10. The van der Waals surface area contributed by atoms with Gasteiger partial charge in [0.15, 0.2) is 11.6 Å². The number of hydrogen-bond donors (Lipinski definition) is 3. The molecule has 0 radical (unpaired) electrons. The Morgan fingerprint density at radius 2 is 1.64 bits per heavy atom. The van der Waals surface area contributed by atoms with Gasteiger partial charge in [0.1, 0.15) is 18.1 Å². The van der Waals surface area contributed by atoms with Crippen molar-refractivity contribution in [3.63, 3.8) is 0 Å². The third-order valence-electron chi connectivity index (χ3n) is 5.54. The van der Waals surface area contributed by atoms with Crippen molar-refractivity contribution >= 4 is 11.4 Å². The molecule has 170 valence electrons. The molecule has 0 spiro atoms. The fraction of sp³-hybridized carbons (Fsp3) is 0.259. The Hall–Kier alpha value is -3.69. The minimum Gasteiger partial charge on any atom is -0.508 e. The zero-order valence-corrected chi connectivity index (χ0v) is 18.4. The van der Waals surface area contributed by atoms with E-state index in [2.05, 4.69) is 22.1 Å². The number of hydrogen-bond acceptors (Lipinski definition) is 5. The molecule has 0 atom stereocenters. The molecule has 3 N–H and O–H groups in total. The SMILES string of the molecule is Oc1ccc(C#Cc2ccc(O)cc2Nc2ccc(OCCN3CCCCC3)c(F)c2)cc1. The van der Waals surface area contributed by atoms with Gasteiger partial charge in [-0.1, -0.05) is 18.3 Å². The number of nitrogens with one attached hydrogen (secondary N) is 1. The number of rotatable bonds is 6. The molecule has 1 fully saturated rings. The van der Waals surface area contributed by atoms with Gasteiger partial charge in [0.2, 0.25) is 0 Å². The number of aromatic hydroxyl groups is 2. The van der Waals surface area contributed by atoms with Gasteiger partial charge in [0.25, 0.3) is 0 Å². The quantitative estimate of drug-likeness (QED) is 0.452. The Morgan fingerprint density at radius 3 is 2.39 bits per heavy atom. The molecule has 33 heavy (non-hydrogen) atoms. The van der Waals surface area contributed by atoms with E-state index in [0.29, 0.717) is 23.5 Å². The zero-order chi connectivity index (χ0) is 23.0. The van der Waals surface area contributed by atoms with E-state index < -0.39 is 5.82 Å². The Kier molecular flexibility index (Phi) is 7.33. The second-order valence-electron chi connectivity index (χ2n) is 8.05. The average Bonchev–Trinajstić information content (AvgIpc) is 2.82. The van der Waals surface area contributed by atoms with Crippen molar-refractivity contribution < 1.29 is 19.3 Å². The first-order chi connectivity index (χ1) is 16.1. The van der Waals surface area contributed by atoms with Gasteiger partial charge >= 0.3 is 0 Å². The lowest BCUT2D eigenvalue weighted by molar-refractivity contribution is 0.180. The van der Waals surface area contributed by atoms with E-state index in [9.17, 15) is 14.6 Å². The van der Waals surface area contributed by atoms with Crippen molar-refractivity contribution in [2.75, 3.05) is 31.6 Å². The second-order valence-corrected chi connectivity index (χ2v) is 8.05. The largest absolute Gasteiger partial charge is 0.508 e. The first kappa shape index (κ1) is 22.5. The number of phenols is 2. The Bertz CT molecular complexity index is 1150. The van der Waals surface area contributed by atoms with Gasteiger partial charge in [-0.05, 0) is 74.5 Å². The number of anilines is 2. The molecule has 0 bridgehead atoms. The summed E-state index contributed by atoms with van der Waals surface area (Å²) in [6, 6.07) is 16.1. The summed E-state index contributed by atoms with van der Waals surface area (Å²) in [6.07, 6.45) is 3.71. The lowest BCUT2D eigenvalue weighted by Gasteiger charge is -2.26. The number of phenolic OH excluding ortho intramolecular Hbond substituents is 2. The lowest BCUT2D eigenvalue weighted by Crippen LogP contribution is -2.33. The number of likely N-dealkylation sites (tertiary alicyclic amines) is 1. The van der Waals surface area contributed by atoms with Crippen LogP contribution in [0.2, 0.25) is 0 Å². The van der Waals surface area contributed by atoms with Gasteiger partial charge < -0.3 is 20.3 Å². The van der Waals surface area contributed by atoms with E-state index >= 15 is 0 Å². The highest BCUT2D eigenvalue weighted by Crippen LogP contribution is 2.28. The maximum atomic E-state index is 14.6. The normalized spacial score (nSPS) is 13.7. The summed E-state index contributed by atoms with van der Waals surface area (Å²) in [5.41, 5.74) is 2.46. The van der Waals surface area contributed by atoms with Crippen molar-refractivity contribution in [2.45, 2.75) is 19.3 Å². The third kappa shape index (κ3) is 6.41. The van der Waals surface area contributed by atoms with E-state index in [-0.39, 0.29) is 17.2 Å². The molecule has 0 saturated carbocycles. The number of nitrogens with zero attached hydrogens (tertiary/aromatic N) is 1. The number of piperidine rings is 1. The van der Waals surface area contributed by atoms with Gasteiger partial charge in [-0.15, -0.1) is 0 Å². The van der Waals surface area contributed by atoms with E-state index in [1.165, 1.54) is 25.3 Å². The minimum absolute atomic E-state index is 0.0748.